The molecule has 1 aromatic rings. The average Bonchev–Trinajstić information content (AvgIpc) is 2.47. The highest BCUT2D eigenvalue weighted by molar-refractivity contribution is 7.98. The number of hydrogen-bond acceptors (Lipinski definition) is 3. The molecule has 0 saturated carbocycles. The van der Waals surface area contributed by atoms with Crippen LogP contribution < -0.4 is 5.32 Å². The van der Waals surface area contributed by atoms with Crippen molar-refractivity contribution in [3.8, 4) is 0 Å². The first-order valence-electron chi connectivity index (χ1n) is 6.84. The minimum absolute atomic E-state index is 0.123. The van der Waals surface area contributed by atoms with Gasteiger partial charge in [-0.15, -0.1) is 11.8 Å². The Morgan fingerprint density at radius 1 is 1.42 bits per heavy atom. The van der Waals surface area contributed by atoms with Gasteiger partial charge in [-0.25, -0.2) is 0 Å². The summed E-state index contributed by atoms with van der Waals surface area (Å²) in [5.41, 5.74) is 0.813. The molecule has 0 spiro atoms. The Morgan fingerprint density at radius 2 is 2.21 bits per heavy atom. The lowest BCUT2D eigenvalue weighted by Crippen LogP contribution is -2.44. The molecule has 3 nitrogen and oxygen atoms in total. The van der Waals surface area contributed by atoms with Crippen molar-refractivity contribution in [2.45, 2.75) is 30.2 Å². The topological polar surface area (TPSA) is 32.3 Å². The van der Waals surface area contributed by atoms with Crippen LogP contribution in [0.4, 0.5) is 0 Å². The summed E-state index contributed by atoms with van der Waals surface area (Å²) in [6, 6.07) is 8.28. The fourth-order valence-corrected chi connectivity index (χ4v) is 3.11. The van der Waals surface area contributed by atoms with Gasteiger partial charge in [-0.2, -0.15) is 0 Å². The Kier molecular flexibility index (Phi) is 5.28. The highest BCUT2D eigenvalue weighted by Gasteiger charge is 2.20. The molecule has 1 N–H and O–H groups in total. The Balaban J connectivity index is 2.01. The van der Waals surface area contributed by atoms with E-state index in [2.05, 4.69) is 5.32 Å². The standard InChI is InChI=1S/C15H22N2OS/c1-17(11-12-7-5-6-10-16-12)15(18)13-8-3-4-9-14(13)19-2/h3-4,8-9,12,16H,5-7,10-11H2,1-2H3. The molecule has 1 amide bonds. The van der Waals surface area contributed by atoms with E-state index in [4.69, 9.17) is 0 Å². The Bertz CT molecular complexity index is 430. The maximum absolute atomic E-state index is 12.5. The van der Waals surface area contributed by atoms with Gasteiger partial charge in [0.05, 0.1) is 5.56 Å². The number of likely N-dealkylation sites (N-methyl/N-ethyl adjacent to an activating group) is 1. The molecule has 1 aromatic carbocycles. The van der Waals surface area contributed by atoms with E-state index in [0.29, 0.717) is 6.04 Å². The van der Waals surface area contributed by atoms with Crippen molar-refractivity contribution in [3.63, 3.8) is 0 Å². The normalized spacial score (nSPS) is 19.2. The number of piperidine rings is 1. The fourth-order valence-electron chi connectivity index (χ4n) is 2.52. The molecule has 1 heterocycles. The highest BCUT2D eigenvalue weighted by Crippen LogP contribution is 2.21. The van der Waals surface area contributed by atoms with E-state index in [1.54, 1.807) is 11.8 Å². The first-order valence-corrected chi connectivity index (χ1v) is 8.06. The number of hydrogen-bond donors (Lipinski definition) is 1. The van der Waals surface area contributed by atoms with Crippen LogP contribution in [-0.2, 0) is 0 Å². The third-order valence-electron chi connectivity index (χ3n) is 3.59. The van der Waals surface area contributed by atoms with Crippen molar-refractivity contribution in [1.82, 2.24) is 10.2 Å². The predicted octanol–water partition coefficient (Wildman–Crippen LogP) is 2.62. The maximum Gasteiger partial charge on any atom is 0.254 e. The maximum atomic E-state index is 12.5. The van der Waals surface area contributed by atoms with E-state index in [9.17, 15) is 4.79 Å². The van der Waals surface area contributed by atoms with E-state index in [0.717, 1.165) is 23.5 Å². The lowest BCUT2D eigenvalue weighted by Gasteiger charge is -2.28. The van der Waals surface area contributed by atoms with Crippen molar-refractivity contribution in [2.75, 3.05) is 26.4 Å². The van der Waals surface area contributed by atoms with Gasteiger partial charge >= 0.3 is 0 Å². The molecule has 1 saturated heterocycles. The summed E-state index contributed by atoms with van der Waals surface area (Å²) in [6.45, 7) is 1.87. The van der Waals surface area contributed by atoms with Crippen LogP contribution in [0.25, 0.3) is 0 Å². The fraction of sp³-hybridized carbons (Fsp3) is 0.533. The minimum atomic E-state index is 0.123. The predicted molar refractivity (Wildman–Crippen MR) is 80.8 cm³/mol. The van der Waals surface area contributed by atoms with Gasteiger partial charge < -0.3 is 10.2 Å². The zero-order valence-electron chi connectivity index (χ0n) is 11.7. The number of carbonyl (C=O) groups excluding carboxylic acids is 1. The van der Waals surface area contributed by atoms with Gasteiger partial charge in [0.1, 0.15) is 0 Å². The van der Waals surface area contributed by atoms with Gasteiger partial charge in [-0.05, 0) is 37.8 Å². The number of benzene rings is 1. The summed E-state index contributed by atoms with van der Waals surface area (Å²) in [7, 11) is 1.90. The molecule has 1 unspecified atom stereocenters. The van der Waals surface area contributed by atoms with Crippen LogP contribution in [0.3, 0.4) is 0 Å². The first-order chi connectivity index (χ1) is 9.22. The van der Waals surface area contributed by atoms with E-state index < -0.39 is 0 Å². The summed E-state index contributed by atoms with van der Waals surface area (Å²) in [5.74, 6) is 0.123. The van der Waals surface area contributed by atoms with Crippen LogP contribution in [0.15, 0.2) is 29.2 Å². The van der Waals surface area contributed by atoms with E-state index in [1.165, 1.54) is 19.3 Å². The van der Waals surface area contributed by atoms with E-state index >= 15 is 0 Å². The van der Waals surface area contributed by atoms with Crippen LogP contribution >= 0.6 is 11.8 Å². The molecule has 2 rings (SSSR count). The van der Waals surface area contributed by atoms with Crippen LogP contribution in [-0.4, -0.2) is 43.2 Å². The third-order valence-corrected chi connectivity index (χ3v) is 4.39. The van der Waals surface area contributed by atoms with Gasteiger partial charge in [0.15, 0.2) is 0 Å². The van der Waals surface area contributed by atoms with Crippen molar-refractivity contribution < 1.29 is 4.79 Å². The molecule has 0 bridgehead atoms. The number of rotatable bonds is 4. The summed E-state index contributed by atoms with van der Waals surface area (Å²) in [6.07, 6.45) is 5.70. The minimum Gasteiger partial charge on any atom is -0.340 e. The quantitative estimate of drug-likeness (QED) is 0.859. The monoisotopic (exact) mass is 278 g/mol. The van der Waals surface area contributed by atoms with Gasteiger partial charge in [-0.1, -0.05) is 18.6 Å². The van der Waals surface area contributed by atoms with Crippen LogP contribution in [0.2, 0.25) is 0 Å². The third kappa shape index (κ3) is 3.74. The second-order valence-corrected chi connectivity index (χ2v) is 5.88. The van der Waals surface area contributed by atoms with Crippen LogP contribution in [0.1, 0.15) is 29.6 Å². The number of nitrogens with one attached hydrogen (secondary N) is 1. The average molecular weight is 278 g/mol. The number of thioether (sulfide) groups is 1. The molecule has 0 radical (unpaired) electrons. The highest BCUT2D eigenvalue weighted by atomic mass is 32.2. The molecule has 1 atom stereocenters. The molecule has 1 aliphatic heterocycles. The van der Waals surface area contributed by atoms with Gasteiger partial charge in [-0.3, -0.25) is 4.79 Å². The van der Waals surface area contributed by atoms with Gasteiger partial charge in [0.25, 0.3) is 5.91 Å². The summed E-state index contributed by atoms with van der Waals surface area (Å²) < 4.78 is 0. The zero-order chi connectivity index (χ0) is 13.7. The van der Waals surface area contributed by atoms with Crippen molar-refractivity contribution in [2.24, 2.45) is 0 Å². The summed E-state index contributed by atoms with van der Waals surface area (Å²) in [4.78, 5) is 15.4. The Morgan fingerprint density at radius 3 is 2.89 bits per heavy atom. The smallest absolute Gasteiger partial charge is 0.254 e. The lowest BCUT2D eigenvalue weighted by atomic mass is 10.0. The zero-order valence-corrected chi connectivity index (χ0v) is 12.5. The first kappa shape index (κ1) is 14.4. The molecule has 19 heavy (non-hydrogen) atoms. The van der Waals surface area contributed by atoms with Crippen LogP contribution in [0, 0.1) is 0 Å². The van der Waals surface area contributed by atoms with Gasteiger partial charge in [0.2, 0.25) is 0 Å². The largest absolute Gasteiger partial charge is 0.340 e. The number of amides is 1. The van der Waals surface area contributed by atoms with Crippen molar-refractivity contribution in [1.29, 1.82) is 0 Å². The van der Waals surface area contributed by atoms with E-state index in [1.807, 2.05) is 42.5 Å². The van der Waals surface area contributed by atoms with Gasteiger partial charge in [0, 0.05) is 24.5 Å². The van der Waals surface area contributed by atoms with Crippen LogP contribution in [0.5, 0.6) is 0 Å². The van der Waals surface area contributed by atoms with E-state index in [-0.39, 0.29) is 5.91 Å². The second-order valence-electron chi connectivity index (χ2n) is 5.03. The molecule has 0 aromatic heterocycles. The number of nitrogens with zero attached hydrogens (tertiary/aromatic N) is 1. The molecular formula is C15H22N2OS. The van der Waals surface area contributed by atoms with Crippen molar-refractivity contribution >= 4 is 17.7 Å². The van der Waals surface area contributed by atoms with Crippen molar-refractivity contribution in [3.05, 3.63) is 29.8 Å². The Labute approximate surface area is 119 Å². The molecule has 1 aliphatic rings. The molecule has 1 fully saturated rings. The summed E-state index contributed by atoms with van der Waals surface area (Å²) >= 11 is 1.62. The molecule has 4 heteroatoms. The Hall–Kier alpha value is -1.00. The number of carbonyl (C=O) groups is 1. The second kappa shape index (κ2) is 6.96. The lowest BCUT2D eigenvalue weighted by molar-refractivity contribution is 0.0772. The molecular weight excluding hydrogens is 256 g/mol. The molecule has 0 aliphatic carbocycles. The summed E-state index contributed by atoms with van der Waals surface area (Å²) in [5, 5.41) is 3.49. The molecule has 104 valence electrons. The SMILES string of the molecule is CSc1ccccc1C(=O)N(C)CC1CCCCN1.